The lowest BCUT2D eigenvalue weighted by atomic mass is 10.2. The average Bonchev–Trinajstić information content (AvgIpc) is 2.86. The lowest BCUT2D eigenvalue weighted by Gasteiger charge is -2.08. The molecule has 98 valence electrons. The van der Waals surface area contributed by atoms with E-state index in [9.17, 15) is 0 Å². The molecule has 0 radical (unpaired) electrons. The van der Waals surface area contributed by atoms with Crippen molar-refractivity contribution in [1.82, 2.24) is 9.55 Å². The van der Waals surface area contributed by atoms with Gasteiger partial charge in [-0.05, 0) is 29.8 Å². The minimum atomic E-state index is 0.285. The Labute approximate surface area is 117 Å². The molecule has 0 saturated heterocycles. The van der Waals surface area contributed by atoms with E-state index >= 15 is 0 Å². The molecule has 4 heteroatoms. The van der Waals surface area contributed by atoms with E-state index in [1.807, 2.05) is 53.1 Å². The van der Waals surface area contributed by atoms with Gasteiger partial charge in [-0.15, -0.1) is 0 Å². The van der Waals surface area contributed by atoms with Crippen LogP contribution in [-0.4, -0.2) is 9.55 Å². The van der Waals surface area contributed by atoms with Crippen LogP contribution in [-0.2, 0) is 13.0 Å². The van der Waals surface area contributed by atoms with Crippen LogP contribution in [0, 0.1) is 11.3 Å². The fraction of sp³-hybridized carbons (Fsp3) is 0.125. The number of fused-ring (bicyclic) bond motifs is 1. The average molecular weight is 262 g/mol. The summed E-state index contributed by atoms with van der Waals surface area (Å²) in [6.45, 7) is 0.524. The van der Waals surface area contributed by atoms with Crippen molar-refractivity contribution >= 4 is 11.0 Å². The molecule has 0 aliphatic rings. The third kappa shape index (κ3) is 2.04. The van der Waals surface area contributed by atoms with Crippen molar-refractivity contribution in [2.24, 2.45) is 5.73 Å². The van der Waals surface area contributed by atoms with Crippen LogP contribution in [0.25, 0.3) is 16.7 Å². The first-order valence-corrected chi connectivity index (χ1v) is 6.46. The molecule has 0 amide bonds. The van der Waals surface area contributed by atoms with E-state index in [4.69, 9.17) is 11.0 Å². The predicted octanol–water partition coefficient (Wildman–Crippen LogP) is 2.55. The van der Waals surface area contributed by atoms with Gasteiger partial charge in [-0.3, -0.25) is 4.57 Å². The standard InChI is InChI=1S/C16H14N4/c17-10-9-16-19-14-3-1-2-4-15(14)20(16)13-7-5-12(11-18)6-8-13/h1-8H,9,11,18H2. The molecule has 0 unspecified atom stereocenters. The molecule has 1 aromatic heterocycles. The summed E-state index contributed by atoms with van der Waals surface area (Å²) in [7, 11) is 0. The van der Waals surface area contributed by atoms with E-state index < -0.39 is 0 Å². The van der Waals surface area contributed by atoms with Gasteiger partial charge in [0.15, 0.2) is 0 Å². The van der Waals surface area contributed by atoms with Crippen molar-refractivity contribution in [3.05, 3.63) is 59.9 Å². The molecule has 3 rings (SSSR count). The Balaban J connectivity index is 2.21. The van der Waals surface area contributed by atoms with E-state index in [0.29, 0.717) is 6.54 Å². The van der Waals surface area contributed by atoms with Crippen molar-refractivity contribution in [3.63, 3.8) is 0 Å². The molecule has 0 spiro atoms. The summed E-state index contributed by atoms with van der Waals surface area (Å²) in [6.07, 6.45) is 0.285. The highest BCUT2D eigenvalue weighted by Crippen LogP contribution is 2.22. The van der Waals surface area contributed by atoms with Crippen LogP contribution < -0.4 is 5.73 Å². The molecule has 1 heterocycles. The monoisotopic (exact) mass is 262 g/mol. The minimum absolute atomic E-state index is 0.285. The molecule has 0 bridgehead atoms. The lowest BCUT2D eigenvalue weighted by Crippen LogP contribution is -2.02. The van der Waals surface area contributed by atoms with Crippen LogP contribution in [0.5, 0.6) is 0 Å². The lowest BCUT2D eigenvalue weighted by molar-refractivity contribution is 0.951. The molecule has 2 aromatic carbocycles. The number of benzene rings is 2. The van der Waals surface area contributed by atoms with Crippen LogP contribution >= 0.6 is 0 Å². The number of hydrogen-bond acceptors (Lipinski definition) is 3. The fourth-order valence-electron chi connectivity index (χ4n) is 2.33. The maximum atomic E-state index is 8.98. The highest BCUT2D eigenvalue weighted by molar-refractivity contribution is 5.78. The largest absolute Gasteiger partial charge is 0.326 e. The van der Waals surface area contributed by atoms with Crippen molar-refractivity contribution in [1.29, 1.82) is 5.26 Å². The van der Waals surface area contributed by atoms with Gasteiger partial charge in [-0.2, -0.15) is 5.26 Å². The number of nitrogens with two attached hydrogens (primary N) is 1. The Morgan fingerprint density at radius 2 is 1.85 bits per heavy atom. The normalized spacial score (nSPS) is 10.6. The van der Waals surface area contributed by atoms with Gasteiger partial charge in [0.2, 0.25) is 0 Å². The van der Waals surface area contributed by atoms with Gasteiger partial charge in [-0.25, -0.2) is 4.98 Å². The summed E-state index contributed by atoms with van der Waals surface area (Å²) in [5.41, 5.74) is 9.62. The number of aromatic nitrogens is 2. The Morgan fingerprint density at radius 1 is 1.10 bits per heavy atom. The summed E-state index contributed by atoms with van der Waals surface area (Å²) in [5, 5.41) is 8.98. The Bertz CT molecular complexity index is 778. The zero-order valence-electron chi connectivity index (χ0n) is 11.0. The van der Waals surface area contributed by atoms with Gasteiger partial charge in [0.05, 0.1) is 23.5 Å². The van der Waals surface area contributed by atoms with Crippen molar-refractivity contribution in [2.45, 2.75) is 13.0 Å². The number of imidazole rings is 1. The number of hydrogen-bond donors (Lipinski definition) is 1. The minimum Gasteiger partial charge on any atom is -0.326 e. The first kappa shape index (κ1) is 12.4. The number of rotatable bonds is 3. The Kier molecular flexibility index (Phi) is 3.20. The first-order valence-electron chi connectivity index (χ1n) is 6.46. The van der Waals surface area contributed by atoms with Crippen molar-refractivity contribution in [3.8, 4) is 11.8 Å². The number of para-hydroxylation sites is 2. The van der Waals surface area contributed by atoms with Crippen LogP contribution in [0.3, 0.4) is 0 Å². The number of nitriles is 1. The summed E-state index contributed by atoms with van der Waals surface area (Å²) in [5.74, 6) is 0.759. The predicted molar refractivity (Wildman–Crippen MR) is 78.3 cm³/mol. The first-order chi connectivity index (χ1) is 9.83. The van der Waals surface area contributed by atoms with Crippen LogP contribution in [0.4, 0.5) is 0 Å². The zero-order chi connectivity index (χ0) is 13.9. The molecular formula is C16H14N4. The molecule has 0 aliphatic heterocycles. The van der Waals surface area contributed by atoms with Crippen molar-refractivity contribution in [2.75, 3.05) is 0 Å². The third-order valence-corrected chi connectivity index (χ3v) is 3.30. The van der Waals surface area contributed by atoms with E-state index in [1.165, 1.54) is 0 Å². The quantitative estimate of drug-likeness (QED) is 0.788. The van der Waals surface area contributed by atoms with Crippen LogP contribution in [0.2, 0.25) is 0 Å². The second-order valence-corrected chi connectivity index (χ2v) is 4.56. The summed E-state index contributed by atoms with van der Waals surface area (Å²) >= 11 is 0. The van der Waals surface area contributed by atoms with E-state index in [1.54, 1.807) is 0 Å². The third-order valence-electron chi connectivity index (χ3n) is 3.30. The van der Waals surface area contributed by atoms with E-state index in [-0.39, 0.29) is 6.42 Å². The van der Waals surface area contributed by atoms with Crippen LogP contribution in [0.15, 0.2) is 48.5 Å². The molecule has 0 fully saturated rings. The zero-order valence-corrected chi connectivity index (χ0v) is 11.0. The molecule has 0 saturated carbocycles. The second-order valence-electron chi connectivity index (χ2n) is 4.56. The molecule has 0 aliphatic carbocycles. The molecule has 2 N–H and O–H groups in total. The van der Waals surface area contributed by atoms with Gasteiger partial charge in [0, 0.05) is 12.2 Å². The molecular weight excluding hydrogens is 248 g/mol. The highest BCUT2D eigenvalue weighted by Gasteiger charge is 2.11. The van der Waals surface area contributed by atoms with E-state index in [0.717, 1.165) is 28.1 Å². The second kappa shape index (κ2) is 5.16. The van der Waals surface area contributed by atoms with Gasteiger partial charge in [0.1, 0.15) is 5.82 Å². The maximum absolute atomic E-state index is 8.98. The number of nitrogens with zero attached hydrogens (tertiary/aromatic N) is 3. The van der Waals surface area contributed by atoms with Gasteiger partial charge < -0.3 is 5.73 Å². The fourth-order valence-corrected chi connectivity index (χ4v) is 2.33. The molecule has 20 heavy (non-hydrogen) atoms. The smallest absolute Gasteiger partial charge is 0.128 e. The Hall–Kier alpha value is -2.64. The highest BCUT2D eigenvalue weighted by atomic mass is 15.1. The van der Waals surface area contributed by atoms with Gasteiger partial charge in [-0.1, -0.05) is 24.3 Å². The Morgan fingerprint density at radius 3 is 2.55 bits per heavy atom. The van der Waals surface area contributed by atoms with Gasteiger partial charge in [0.25, 0.3) is 0 Å². The molecule has 0 atom stereocenters. The maximum Gasteiger partial charge on any atom is 0.128 e. The molecule has 3 aromatic rings. The van der Waals surface area contributed by atoms with Crippen LogP contribution in [0.1, 0.15) is 11.4 Å². The topological polar surface area (TPSA) is 67.6 Å². The van der Waals surface area contributed by atoms with E-state index in [2.05, 4.69) is 11.1 Å². The summed E-state index contributed by atoms with van der Waals surface area (Å²) in [4.78, 5) is 4.54. The summed E-state index contributed by atoms with van der Waals surface area (Å²) in [6, 6.07) is 18.1. The molecule has 4 nitrogen and oxygen atoms in total. The summed E-state index contributed by atoms with van der Waals surface area (Å²) < 4.78 is 2.03. The van der Waals surface area contributed by atoms with Gasteiger partial charge >= 0.3 is 0 Å². The van der Waals surface area contributed by atoms with Crippen molar-refractivity contribution < 1.29 is 0 Å². The SMILES string of the molecule is N#CCc1nc2ccccc2n1-c1ccc(CN)cc1.